The van der Waals surface area contributed by atoms with E-state index in [0.29, 0.717) is 17.0 Å². The van der Waals surface area contributed by atoms with Crippen molar-refractivity contribution in [3.05, 3.63) is 137 Å². The van der Waals surface area contributed by atoms with Crippen LogP contribution in [0.4, 0.5) is 19.3 Å². The molecule has 4 aromatic rings. The molecular formula is C35H33F2N3O4. The Bertz CT molecular complexity index is 1590. The van der Waals surface area contributed by atoms with Crippen LogP contribution in [0.1, 0.15) is 47.2 Å². The molecule has 2 N–H and O–H groups in total. The Kier molecular flexibility index (Phi) is 9.76. The molecule has 0 bridgehead atoms. The van der Waals surface area contributed by atoms with Crippen LogP contribution < -0.4 is 5.32 Å². The van der Waals surface area contributed by atoms with Crippen LogP contribution >= 0.6 is 0 Å². The number of ether oxygens (including phenoxy) is 1. The average Bonchev–Trinajstić information content (AvgIpc) is 3.43. The van der Waals surface area contributed by atoms with Gasteiger partial charge in [0, 0.05) is 11.4 Å². The molecule has 3 atom stereocenters. The summed E-state index contributed by atoms with van der Waals surface area (Å²) >= 11 is 0. The van der Waals surface area contributed by atoms with Gasteiger partial charge in [-0.3, -0.25) is 9.79 Å². The summed E-state index contributed by atoms with van der Waals surface area (Å²) in [6.07, 6.45) is -0.303. The first-order valence-electron chi connectivity index (χ1n) is 14.4. The average molecular weight is 598 g/mol. The fourth-order valence-electron chi connectivity index (χ4n) is 5.45. The van der Waals surface area contributed by atoms with Gasteiger partial charge in [0.15, 0.2) is 0 Å². The number of halogens is 2. The fourth-order valence-corrected chi connectivity index (χ4v) is 5.45. The monoisotopic (exact) mass is 597 g/mol. The van der Waals surface area contributed by atoms with Gasteiger partial charge in [0.05, 0.1) is 12.0 Å². The largest absolute Gasteiger partial charge is 0.446 e. The third kappa shape index (κ3) is 7.18. The van der Waals surface area contributed by atoms with Crippen LogP contribution in [0.3, 0.4) is 0 Å². The fraction of sp³-hybridized carbons (Fsp3) is 0.229. The molecule has 1 saturated heterocycles. The number of aliphatic hydroxyl groups excluding tert-OH is 1. The number of anilines is 1. The number of aliphatic hydroxyl groups is 1. The van der Waals surface area contributed by atoms with Gasteiger partial charge in [-0.15, -0.1) is 0 Å². The minimum atomic E-state index is -0.844. The van der Waals surface area contributed by atoms with Crippen molar-refractivity contribution in [2.75, 3.05) is 18.7 Å². The number of imide groups is 1. The number of carbonyl (C=O) groups excluding carboxylic acids is 2. The van der Waals surface area contributed by atoms with E-state index < -0.39 is 48.4 Å². The molecule has 1 fully saturated rings. The number of amides is 2. The summed E-state index contributed by atoms with van der Waals surface area (Å²) in [5, 5.41) is 13.1. The first kappa shape index (κ1) is 30.6. The summed E-state index contributed by atoms with van der Waals surface area (Å²) < 4.78 is 32.9. The molecule has 0 saturated carbocycles. The van der Waals surface area contributed by atoms with Gasteiger partial charge in [0.1, 0.15) is 31.0 Å². The van der Waals surface area contributed by atoms with E-state index in [9.17, 15) is 23.5 Å². The Balaban J connectivity index is 1.56. The third-order valence-corrected chi connectivity index (χ3v) is 7.75. The van der Waals surface area contributed by atoms with E-state index in [1.807, 2.05) is 61.5 Å². The zero-order chi connectivity index (χ0) is 31.1. The highest BCUT2D eigenvalue weighted by Gasteiger charge is 2.44. The first-order valence-corrected chi connectivity index (χ1v) is 14.4. The molecule has 5 rings (SSSR count). The highest BCUT2D eigenvalue weighted by Crippen LogP contribution is 2.37. The normalized spacial score (nSPS) is 16.4. The van der Waals surface area contributed by atoms with Crippen LogP contribution in [-0.4, -0.2) is 41.1 Å². The molecule has 1 heterocycles. The number of hydrogen-bond acceptors (Lipinski definition) is 6. The molecule has 7 nitrogen and oxygen atoms in total. The Morgan fingerprint density at radius 1 is 0.955 bits per heavy atom. The molecule has 4 aromatic carbocycles. The zero-order valence-electron chi connectivity index (χ0n) is 24.2. The van der Waals surface area contributed by atoms with Crippen LogP contribution in [-0.2, 0) is 9.53 Å². The van der Waals surface area contributed by atoms with Gasteiger partial charge in [-0.05, 0) is 72.9 Å². The first-order chi connectivity index (χ1) is 21.3. The lowest BCUT2D eigenvalue weighted by atomic mass is 9.85. The van der Waals surface area contributed by atoms with Crippen molar-refractivity contribution in [2.45, 2.75) is 31.8 Å². The Morgan fingerprint density at radius 2 is 1.59 bits per heavy atom. The van der Waals surface area contributed by atoms with E-state index in [0.717, 1.165) is 16.7 Å². The van der Waals surface area contributed by atoms with Crippen molar-refractivity contribution in [1.29, 1.82) is 0 Å². The molecule has 0 spiro atoms. The van der Waals surface area contributed by atoms with Crippen LogP contribution in [0.5, 0.6) is 0 Å². The number of cyclic esters (lactones) is 1. The van der Waals surface area contributed by atoms with Crippen molar-refractivity contribution < 1.29 is 28.2 Å². The predicted molar refractivity (Wildman–Crippen MR) is 164 cm³/mol. The summed E-state index contributed by atoms with van der Waals surface area (Å²) in [6.45, 7) is 1.49. The van der Waals surface area contributed by atoms with E-state index in [1.165, 1.54) is 29.2 Å². The van der Waals surface area contributed by atoms with Crippen LogP contribution in [0, 0.1) is 24.5 Å². The molecule has 226 valence electrons. The second kappa shape index (κ2) is 14.1. The van der Waals surface area contributed by atoms with Crippen LogP contribution in [0.25, 0.3) is 0 Å². The lowest BCUT2D eigenvalue weighted by Crippen LogP contribution is -2.42. The second-order valence-corrected chi connectivity index (χ2v) is 10.6. The van der Waals surface area contributed by atoms with Gasteiger partial charge < -0.3 is 15.2 Å². The maximum atomic E-state index is 14.6. The summed E-state index contributed by atoms with van der Waals surface area (Å²) in [4.78, 5) is 33.1. The number of benzene rings is 4. The summed E-state index contributed by atoms with van der Waals surface area (Å²) in [5.41, 5.74) is 4.24. The second-order valence-electron chi connectivity index (χ2n) is 10.6. The van der Waals surface area contributed by atoms with Crippen molar-refractivity contribution in [3.63, 3.8) is 0 Å². The van der Waals surface area contributed by atoms with Crippen LogP contribution in [0.2, 0.25) is 0 Å². The molecule has 0 aliphatic carbocycles. The van der Waals surface area contributed by atoms with Gasteiger partial charge in [-0.1, -0.05) is 72.3 Å². The number of carbonyl (C=O) groups is 2. The van der Waals surface area contributed by atoms with Crippen LogP contribution in [0.15, 0.2) is 108 Å². The molecule has 1 aliphatic heterocycles. The molecule has 44 heavy (non-hydrogen) atoms. The summed E-state index contributed by atoms with van der Waals surface area (Å²) in [6, 6.07) is 27.2. The molecule has 2 amide bonds. The lowest BCUT2D eigenvalue weighted by Gasteiger charge is -2.32. The topological polar surface area (TPSA) is 91.2 Å². The molecular weight excluding hydrogens is 564 g/mol. The number of hydrogen-bond donors (Lipinski definition) is 2. The summed E-state index contributed by atoms with van der Waals surface area (Å²) in [5.74, 6) is -2.11. The molecule has 0 radical (unpaired) electrons. The van der Waals surface area contributed by atoms with Crippen molar-refractivity contribution in [3.8, 4) is 0 Å². The molecule has 1 aliphatic rings. The van der Waals surface area contributed by atoms with Crippen molar-refractivity contribution >= 4 is 23.4 Å². The van der Waals surface area contributed by atoms with Gasteiger partial charge in [0.25, 0.3) is 0 Å². The minimum Gasteiger partial charge on any atom is -0.446 e. The summed E-state index contributed by atoms with van der Waals surface area (Å²) in [7, 11) is 0. The Labute approximate surface area is 254 Å². The maximum absolute atomic E-state index is 14.6. The highest BCUT2D eigenvalue weighted by molar-refractivity contribution is 6.01. The third-order valence-electron chi connectivity index (χ3n) is 7.75. The van der Waals surface area contributed by atoms with Crippen molar-refractivity contribution in [2.24, 2.45) is 10.9 Å². The standard InChI is InChI=1S/C35H33F2N3O4/c1-23-7-9-26(10-8-23)33(39-29-17-15-28(37)16-18-29)30(19-20-31(38-22-41)24-11-13-27(36)14-12-24)34(42)40-32(21-44-35(40)43)25-5-3-2-4-6-25/h2-18,30,32-33,39,41H,19-22H2,1H3/t30?,32-,33?/m1/s1. The highest BCUT2D eigenvalue weighted by atomic mass is 19.1. The molecule has 9 heteroatoms. The van der Waals surface area contributed by atoms with Gasteiger partial charge in [-0.2, -0.15) is 0 Å². The lowest BCUT2D eigenvalue weighted by molar-refractivity contribution is -0.134. The number of nitrogens with one attached hydrogen (secondary N) is 1. The van der Waals surface area contributed by atoms with E-state index in [1.54, 1.807) is 24.3 Å². The SMILES string of the molecule is Cc1ccc(C(Nc2ccc(F)cc2)C(CCC(=NCO)c2ccc(F)cc2)C(=O)N2C(=O)OC[C@@H]2c2ccccc2)cc1. The number of aryl methyl sites for hydroxylation is 1. The Hall–Kier alpha value is -4.89. The quantitative estimate of drug-likeness (QED) is 0.182. The van der Waals surface area contributed by atoms with Gasteiger partial charge in [-0.25, -0.2) is 18.5 Å². The molecule has 2 unspecified atom stereocenters. The predicted octanol–water partition coefficient (Wildman–Crippen LogP) is 6.98. The van der Waals surface area contributed by atoms with Crippen molar-refractivity contribution in [1.82, 2.24) is 4.90 Å². The van der Waals surface area contributed by atoms with E-state index in [4.69, 9.17) is 4.74 Å². The number of aliphatic imine (C=N–C) groups is 1. The van der Waals surface area contributed by atoms with E-state index in [2.05, 4.69) is 10.3 Å². The molecule has 0 aromatic heterocycles. The number of nitrogens with zero attached hydrogens (tertiary/aromatic N) is 2. The zero-order valence-corrected chi connectivity index (χ0v) is 24.2. The van der Waals surface area contributed by atoms with E-state index in [-0.39, 0.29) is 19.4 Å². The van der Waals surface area contributed by atoms with Gasteiger partial charge in [0.2, 0.25) is 5.91 Å². The minimum absolute atomic E-state index is 0.0225. The van der Waals surface area contributed by atoms with Gasteiger partial charge >= 0.3 is 6.09 Å². The Morgan fingerprint density at radius 3 is 2.23 bits per heavy atom. The smallest absolute Gasteiger partial charge is 0.417 e. The van der Waals surface area contributed by atoms with E-state index >= 15 is 0 Å². The maximum Gasteiger partial charge on any atom is 0.417 e. The number of rotatable bonds is 11.